The van der Waals surface area contributed by atoms with Crippen LogP contribution in [-0.4, -0.2) is 36.6 Å². The molecule has 1 aromatic heterocycles. The molecule has 0 radical (unpaired) electrons. The van der Waals surface area contributed by atoms with Crippen molar-refractivity contribution in [3.8, 4) is 0 Å². The zero-order valence-electron chi connectivity index (χ0n) is 11.6. The lowest BCUT2D eigenvalue weighted by atomic mass is 9.88. The van der Waals surface area contributed by atoms with Crippen LogP contribution in [0.3, 0.4) is 0 Å². The SMILES string of the molecule is CC1CCc2c(C(=O)N3CCOC(C)C3)csc2C1. The molecule has 0 aromatic carbocycles. The number of amides is 1. The summed E-state index contributed by atoms with van der Waals surface area (Å²) in [7, 11) is 0. The maximum absolute atomic E-state index is 12.6. The largest absolute Gasteiger partial charge is 0.375 e. The van der Waals surface area contributed by atoms with Crippen molar-refractivity contribution in [3.63, 3.8) is 0 Å². The summed E-state index contributed by atoms with van der Waals surface area (Å²) in [4.78, 5) is 16.0. The van der Waals surface area contributed by atoms with Gasteiger partial charge < -0.3 is 9.64 Å². The Morgan fingerprint density at radius 1 is 1.47 bits per heavy atom. The number of ether oxygens (including phenoxy) is 1. The Bertz CT molecular complexity index is 482. The monoisotopic (exact) mass is 279 g/mol. The minimum atomic E-state index is 0.159. The van der Waals surface area contributed by atoms with Gasteiger partial charge in [-0.05, 0) is 37.7 Å². The second-order valence-electron chi connectivity index (χ2n) is 5.83. The summed E-state index contributed by atoms with van der Waals surface area (Å²) >= 11 is 1.77. The third-order valence-corrected chi connectivity index (χ3v) is 5.21. The molecule has 104 valence electrons. The summed E-state index contributed by atoms with van der Waals surface area (Å²) < 4.78 is 5.51. The topological polar surface area (TPSA) is 29.5 Å². The van der Waals surface area contributed by atoms with Crippen LogP contribution >= 0.6 is 11.3 Å². The summed E-state index contributed by atoms with van der Waals surface area (Å²) in [6.45, 7) is 6.44. The number of rotatable bonds is 1. The molecule has 1 aliphatic heterocycles. The van der Waals surface area contributed by atoms with Gasteiger partial charge in [0.1, 0.15) is 0 Å². The summed E-state index contributed by atoms with van der Waals surface area (Å²) in [5, 5.41) is 2.07. The Labute approximate surface area is 118 Å². The quantitative estimate of drug-likeness (QED) is 0.791. The number of hydrogen-bond acceptors (Lipinski definition) is 3. The third kappa shape index (κ3) is 2.56. The van der Waals surface area contributed by atoms with E-state index in [-0.39, 0.29) is 12.0 Å². The highest BCUT2D eigenvalue weighted by atomic mass is 32.1. The predicted molar refractivity (Wildman–Crippen MR) is 76.8 cm³/mol. The molecule has 0 spiro atoms. The molecule has 0 saturated carbocycles. The Morgan fingerprint density at radius 2 is 2.32 bits per heavy atom. The second kappa shape index (κ2) is 5.25. The molecule has 19 heavy (non-hydrogen) atoms. The number of fused-ring (bicyclic) bond motifs is 1. The van der Waals surface area contributed by atoms with Crippen LogP contribution in [0, 0.1) is 5.92 Å². The van der Waals surface area contributed by atoms with Gasteiger partial charge in [0.2, 0.25) is 0 Å². The summed E-state index contributed by atoms with van der Waals surface area (Å²) in [6, 6.07) is 0. The molecular formula is C15H21NO2S. The molecule has 2 heterocycles. The minimum Gasteiger partial charge on any atom is -0.375 e. The molecule has 4 heteroatoms. The van der Waals surface area contributed by atoms with Crippen LogP contribution in [0.5, 0.6) is 0 Å². The molecule has 1 aliphatic carbocycles. The van der Waals surface area contributed by atoms with Crippen LogP contribution in [0.4, 0.5) is 0 Å². The average Bonchev–Trinajstić information content (AvgIpc) is 2.80. The molecule has 1 aromatic rings. The Hall–Kier alpha value is -0.870. The molecule has 3 nitrogen and oxygen atoms in total. The highest BCUT2D eigenvalue weighted by Gasteiger charge is 2.28. The van der Waals surface area contributed by atoms with Gasteiger partial charge in [-0.3, -0.25) is 4.79 Å². The van der Waals surface area contributed by atoms with Gasteiger partial charge in [0.25, 0.3) is 5.91 Å². The van der Waals surface area contributed by atoms with Crippen molar-refractivity contribution in [2.45, 2.75) is 39.2 Å². The molecule has 1 fully saturated rings. The zero-order chi connectivity index (χ0) is 13.4. The highest BCUT2D eigenvalue weighted by Crippen LogP contribution is 2.33. The zero-order valence-corrected chi connectivity index (χ0v) is 12.5. The van der Waals surface area contributed by atoms with Gasteiger partial charge in [-0.25, -0.2) is 0 Å². The van der Waals surface area contributed by atoms with E-state index in [4.69, 9.17) is 4.74 Å². The Kier molecular flexibility index (Phi) is 3.63. The van der Waals surface area contributed by atoms with Gasteiger partial charge in [0.15, 0.2) is 0 Å². The predicted octanol–water partition coefficient (Wildman–Crippen LogP) is 2.73. The van der Waals surface area contributed by atoms with Crippen LogP contribution in [0.2, 0.25) is 0 Å². The first-order valence-electron chi connectivity index (χ1n) is 7.15. The van der Waals surface area contributed by atoms with E-state index in [2.05, 4.69) is 12.3 Å². The first-order chi connectivity index (χ1) is 9.15. The van der Waals surface area contributed by atoms with Gasteiger partial charge in [-0.1, -0.05) is 6.92 Å². The van der Waals surface area contributed by atoms with Gasteiger partial charge in [0.05, 0.1) is 18.3 Å². The van der Waals surface area contributed by atoms with E-state index in [0.717, 1.165) is 37.4 Å². The molecule has 2 aliphatic rings. The first kappa shape index (κ1) is 13.1. The standard InChI is InChI=1S/C15H21NO2S/c1-10-3-4-12-13(9-19-14(12)7-10)15(17)16-5-6-18-11(2)8-16/h9-11H,3-8H2,1-2H3. The van der Waals surface area contributed by atoms with Crippen LogP contribution in [0.25, 0.3) is 0 Å². The number of nitrogens with zero attached hydrogens (tertiary/aromatic N) is 1. The minimum absolute atomic E-state index is 0.159. The van der Waals surface area contributed by atoms with Crippen LogP contribution < -0.4 is 0 Å². The van der Waals surface area contributed by atoms with E-state index in [1.54, 1.807) is 11.3 Å². The molecule has 0 bridgehead atoms. The van der Waals surface area contributed by atoms with E-state index in [1.807, 2.05) is 11.8 Å². The van der Waals surface area contributed by atoms with Crippen LogP contribution in [0.1, 0.15) is 41.1 Å². The van der Waals surface area contributed by atoms with E-state index in [1.165, 1.54) is 16.9 Å². The summed E-state index contributed by atoms with van der Waals surface area (Å²) in [5.41, 5.74) is 2.29. The Morgan fingerprint density at radius 3 is 3.11 bits per heavy atom. The number of carbonyl (C=O) groups excluding carboxylic acids is 1. The van der Waals surface area contributed by atoms with E-state index < -0.39 is 0 Å². The molecular weight excluding hydrogens is 258 g/mol. The number of morpholine rings is 1. The summed E-state index contributed by atoms with van der Waals surface area (Å²) in [6.07, 6.45) is 3.59. The fourth-order valence-electron chi connectivity index (χ4n) is 3.03. The van der Waals surface area contributed by atoms with Gasteiger partial charge in [-0.15, -0.1) is 11.3 Å². The van der Waals surface area contributed by atoms with Crippen molar-refractivity contribution < 1.29 is 9.53 Å². The van der Waals surface area contributed by atoms with E-state index >= 15 is 0 Å². The lowest BCUT2D eigenvalue weighted by Crippen LogP contribution is -2.44. The molecule has 1 amide bonds. The van der Waals surface area contributed by atoms with E-state index in [0.29, 0.717) is 6.61 Å². The van der Waals surface area contributed by atoms with Gasteiger partial charge in [-0.2, -0.15) is 0 Å². The first-order valence-corrected chi connectivity index (χ1v) is 8.03. The number of thiophene rings is 1. The molecule has 0 N–H and O–H groups in total. The fraction of sp³-hybridized carbons (Fsp3) is 0.667. The van der Waals surface area contributed by atoms with Crippen molar-refractivity contribution in [1.82, 2.24) is 4.90 Å². The normalized spacial score (nSPS) is 27.2. The molecule has 3 rings (SSSR count). The smallest absolute Gasteiger partial charge is 0.255 e. The average molecular weight is 279 g/mol. The van der Waals surface area contributed by atoms with Crippen molar-refractivity contribution in [3.05, 3.63) is 21.4 Å². The van der Waals surface area contributed by atoms with E-state index in [9.17, 15) is 4.79 Å². The summed E-state index contributed by atoms with van der Waals surface area (Å²) in [5.74, 6) is 0.972. The maximum Gasteiger partial charge on any atom is 0.255 e. The lowest BCUT2D eigenvalue weighted by Gasteiger charge is -2.31. The van der Waals surface area contributed by atoms with Crippen LogP contribution in [0.15, 0.2) is 5.38 Å². The van der Waals surface area contributed by atoms with Crippen LogP contribution in [-0.2, 0) is 17.6 Å². The van der Waals surface area contributed by atoms with Crippen molar-refractivity contribution in [1.29, 1.82) is 0 Å². The maximum atomic E-state index is 12.6. The van der Waals surface area contributed by atoms with Crippen molar-refractivity contribution in [2.24, 2.45) is 5.92 Å². The number of hydrogen-bond donors (Lipinski definition) is 0. The number of carbonyl (C=O) groups is 1. The fourth-order valence-corrected chi connectivity index (χ4v) is 4.27. The van der Waals surface area contributed by atoms with Gasteiger partial charge in [0, 0.05) is 23.3 Å². The van der Waals surface area contributed by atoms with Crippen molar-refractivity contribution in [2.75, 3.05) is 19.7 Å². The second-order valence-corrected chi connectivity index (χ2v) is 6.80. The molecule has 2 atom stereocenters. The molecule has 2 unspecified atom stereocenters. The van der Waals surface area contributed by atoms with Crippen molar-refractivity contribution >= 4 is 17.2 Å². The highest BCUT2D eigenvalue weighted by molar-refractivity contribution is 7.10. The Balaban J connectivity index is 1.80. The third-order valence-electron chi connectivity index (χ3n) is 4.16. The van der Waals surface area contributed by atoms with Gasteiger partial charge >= 0.3 is 0 Å². The molecule has 1 saturated heterocycles. The lowest BCUT2D eigenvalue weighted by molar-refractivity contribution is -0.0124.